The lowest BCUT2D eigenvalue weighted by Gasteiger charge is -2.39. The van der Waals surface area contributed by atoms with Gasteiger partial charge in [-0.25, -0.2) is 4.39 Å². The largest absolute Gasteiger partial charge is 0.481 e. The Morgan fingerprint density at radius 2 is 1.80 bits per heavy atom. The van der Waals surface area contributed by atoms with Gasteiger partial charge in [-0.05, 0) is 82.7 Å². The van der Waals surface area contributed by atoms with Gasteiger partial charge in [0.2, 0.25) is 0 Å². The molecule has 1 aromatic rings. The number of rotatable bonds is 4. The van der Waals surface area contributed by atoms with Crippen molar-refractivity contribution in [2.24, 2.45) is 5.41 Å². The summed E-state index contributed by atoms with van der Waals surface area (Å²) >= 11 is 0. The normalized spacial score (nSPS) is 29.0. The summed E-state index contributed by atoms with van der Waals surface area (Å²) in [5.41, 5.74) is -1.09. The summed E-state index contributed by atoms with van der Waals surface area (Å²) < 4.78 is 13.1. The van der Waals surface area contributed by atoms with Crippen molar-refractivity contribution < 1.29 is 19.4 Å². The number of aliphatic hydroxyl groups is 1. The van der Waals surface area contributed by atoms with E-state index in [1.807, 2.05) is 12.1 Å². The van der Waals surface area contributed by atoms with Crippen LogP contribution in [0.2, 0.25) is 0 Å². The Labute approximate surface area is 148 Å². The number of hydrogen-bond donors (Lipinski definition) is 2. The second kappa shape index (κ2) is 6.69. The number of piperidine rings is 1. The lowest BCUT2D eigenvalue weighted by atomic mass is 9.72. The van der Waals surface area contributed by atoms with Crippen molar-refractivity contribution in [1.29, 1.82) is 0 Å². The van der Waals surface area contributed by atoms with Crippen LogP contribution in [0.15, 0.2) is 24.3 Å². The zero-order valence-electron chi connectivity index (χ0n) is 15.0. The number of carboxylic acids is 1. The summed E-state index contributed by atoms with van der Waals surface area (Å²) in [7, 11) is 0. The molecule has 1 saturated heterocycles. The molecular weight excluding hydrogens is 321 g/mol. The molecule has 138 valence electrons. The van der Waals surface area contributed by atoms with Crippen molar-refractivity contribution in [3.8, 4) is 0 Å². The molecule has 3 rings (SSSR count). The quantitative estimate of drug-likeness (QED) is 0.875. The van der Waals surface area contributed by atoms with Crippen molar-refractivity contribution in [1.82, 2.24) is 4.90 Å². The molecule has 2 aliphatic rings. The van der Waals surface area contributed by atoms with Crippen LogP contribution in [0.3, 0.4) is 0 Å². The number of nitrogens with zero attached hydrogens (tertiary/aromatic N) is 1. The van der Waals surface area contributed by atoms with Gasteiger partial charge >= 0.3 is 5.97 Å². The fourth-order valence-electron chi connectivity index (χ4n) is 4.68. The predicted molar refractivity (Wildman–Crippen MR) is 94.0 cm³/mol. The van der Waals surface area contributed by atoms with Gasteiger partial charge in [-0.2, -0.15) is 0 Å². The number of aliphatic carboxylic acids is 1. The SMILES string of the molecule is CC(C)(O)[C@]1(C(=O)O)CC[C@@H](N2CCC(c3ccc(F)cc3)CC2)C1. The third-order valence-corrected chi connectivity index (χ3v) is 6.46. The third kappa shape index (κ3) is 3.44. The van der Waals surface area contributed by atoms with Crippen molar-refractivity contribution in [2.45, 2.75) is 63.5 Å². The standard InChI is InChI=1S/C20H28FNO3/c1-19(2,25)20(18(23)24)10-7-17(13-20)22-11-8-15(9-12-22)14-3-5-16(21)6-4-14/h3-6,15,17,25H,7-13H2,1-2H3,(H,23,24)/t17-,20-/m1/s1. The Morgan fingerprint density at radius 3 is 2.28 bits per heavy atom. The highest BCUT2D eigenvalue weighted by Crippen LogP contribution is 2.48. The number of hydrogen-bond acceptors (Lipinski definition) is 3. The van der Waals surface area contributed by atoms with Crippen LogP contribution in [-0.4, -0.2) is 45.8 Å². The number of likely N-dealkylation sites (tertiary alicyclic amines) is 1. The Bertz CT molecular complexity index is 617. The van der Waals surface area contributed by atoms with E-state index >= 15 is 0 Å². The number of halogens is 1. The molecule has 0 spiro atoms. The first-order valence-corrected chi connectivity index (χ1v) is 9.18. The fourth-order valence-corrected chi connectivity index (χ4v) is 4.68. The summed E-state index contributed by atoms with van der Waals surface area (Å²) in [5.74, 6) is -0.649. The molecule has 1 aliphatic heterocycles. The van der Waals surface area contributed by atoms with E-state index in [0.717, 1.165) is 32.4 Å². The van der Waals surface area contributed by atoms with Gasteiger partial charge in [0, 0.05) is 6.04 Å². The fraction of sp³-hybridized carbons (Fsp3) is 0.650. The van der Waals surface area contributed by atoms with Gasteiger partial charge in [-0.3, -0.25) is 4.79 Å². The number of carbonyl (C=O) groups is 1. The van der Waals surface area contributed by atoms with Crippen LogP contribution < -0.4 is 0 Å². The molecule has 1 aliphatic carbocycles. The second-order valence-corrected chi connectivity index (χ2v) is 8.20. The van der Waals surface area contributed by atoms with Crippen LogP contribution in [0.4, 0.5) is 4.39 Å². The van der Waals surface area contributed by atoms with Crippen LogP contribution in [-0.2, 0) is 4.79 Å². The van der Waals surface area contributed by atoms with E-state index in [0.29, 0.717) is 18.8 Å². The van der Waals surface area contributed by atoms with Gasteiger partial charge < -0.3 is 15.1 Å². The van der Waals surface area contributed by atoms with Crippen molar-refractivity contribution in [3.63, 3.8) is 0 Å². The van der Waals surface area contributed by atoms with Crippen LogP contribution in [0, 0.1) is 11.2 Å². The number of carboxylic acid groups (broad SMARTS) is 1. The molecule has 25 heavy (non-hydrogen) atoms. The molecule has 0 radical (unpaired) electrons. The predicted octanol–water partition coefficient (Wildman–Crippen LogP) is 3.40. The topological polar surface area (TPSA) is 60.8 Å². The summed E-state index contributed by atoms with van der Waals surface area (Å²) in [6, 6.07) is 6.99. The van der Waals surface area contributed by atoms with E-state index in [4.69, 9.17) is 0 Å². The van der Waals surface area contributed by atoms with E-state index in [9.17, 15) is 19.4 Å². The van der Waals surface area contributed by atoms with Crippen LogP contribution in [0.1, 0.15) is 57.4 Å². The molecule has 1 saturated carbocycles. The van der Waals surface area contributed by atoms with E-state index < -0.39 is 17.0 Å². The molecule has 0 bridgehead atoms. The van der Waals surface area contributed by atoms with Crippen LogP contribution in [0.25, 0.3) is 0 Å². The molecule has 2 atom stereocenters. The highest BCUT2D eigenvalue weighted by atomic mass is 19.1. The summed E-state index contributed by atoms with van der Waals surface area (Å²) in [5, 5.41) is 20.2. The van der Waals surface area contributed by atoms with Gasteiger partial charge in [-0.15, -0.1) is 0 Å². The van der Waals surface area contributed by atoms with E-state index in [1.54, 1.807) is 13.8 Å². The zero-order valence-corrected chi connectivity index (χ0v) is 15.0. The Hall–Kier alpha value is -1.46. The maximum absolute atomic E-state index is 13.1. The highest BCUT2D eigenvalue weighted by Gasteiger charge is 2.55. The first-order chi connectivity index (χ1) is 11.7. The minimum atomic E-state index is -1.22. The average molecular weight is 349 g/mol. The Morgan fingerprint density at radius 1 is 1.20 bits per heavy atom. The van der Waals surface area contributed by atoms with Gasteiger partial charge in [0.15, 0.2) is 0 Å². The average Bonchev–Trinajstić information content (AvgIpc) is 3.02. The molecule has 1 heterocycles. The first kappa shape index (κ1) is 18.3. The van der Waals surface area contributed by atoms with Crippen LogP contribution in [0.5, 0.6) is 0 Å². The molecular formula is C20H28FNO3. The van der Waals surface area contributed by atoms with Gasteiger partial charge in [0.05, 0.1) is 11.0 Å². The summed E-state index contributed by atoms with van der Waals surface area (Å²) in [4.78, 5) is 14.2. The van der Waals surface area contributed by atoms with E-state index in [1.165, 1.54) is 17.7 Å². The van der Waals surface area contributed by atoms with Crippen molar-refractivity contribution in [2.75, 3.05) is 13.1 Å². The van der Waals surface area contributed by atoms with Crippen molar-refractivity contribution >= 4 is 5.97 Å². The lowest BCUT2D eigenvalue weighted by molar-refractivity contribution is -0.165. The minimum absolute atomic E-state index is 0.205. The maximum Gasteiger partial charge on any atom is 0.312 e. The maximum atomic E-state index is 13.1. The van der Waals surface area contributed by atoms with Gasteiger partial charge in [0.25, 0.3) is 0 Å². The monoisotopic (exact) mass is 349 g/mol. The van der Waals surface area contributed by atoms with E-state index in [2.05, 4.69) is 4.90 Å². The zero-order chi connectivity index (χ0) is 18.2. The molecule has 0 unspecified atom stereocenters. The summed E-state index contributed by atoms with van der Waals surface area (Å²) in [6.45, 7) is 5.08. The van der Waals surface area contributed by atoms with Crippen LogP contribution >= 0.6 is 0 Å². The second-order valence-electron chi connectivity index (χ2n) is 8.20. The number of benzene rings is 1. The smallest absolute Gasteiger partial charge is 0.312 e. The molecule has 0 aromatic heterocycles. The molecule has 1 aromatic carbocycles. The van der Waals surface area contributed by atoms with E-state index in [-0.39, 0.29) is 11.9 Å². The molecule has 5 heteroatoms. The third-order valence-electron chi connectivity index (χ3n) is 6.46. The molecule has 4 nitrogen and oxygen atoms in total. The van der Waals surface area contributed by atoms with Crippen molar-refractivity contribution in [3.05, 3.63) is 35.6 Å². The Balaban J connectivity index is 1.62. The minimum Gasteiger partial charge on any atom is -0.481 e. The lowest BCUT2D eigenvalue weighted by Crippen LogP contribution is -2.49. The first-order valence-electron chi connectivity index (χ1n) is 9.18. The van der Waals surface area contributed by atoms with Gasteiger partial charge in [0.1, 0.15) is 5.82 Å². The Kier molecular flexibility index (Phi) is 4.91. The van der Waals surface area contributed by atoms with Gasteiger partial charge in [-0.1, -0.05) is 12.1 Å². The molecule has 2 N–H and O–H groups in total. The molecule has 2 fully saturated rings. The highest BCUT2D eigenvalue weighted by molar-refractivity contribution is 5.76. The summed E-state index contributed by atoms with van der Waals surface area (Å²) in [6.07, 6.45) is 3.86. The molecule has 0 amide bonds.